The fourth-order valence-electron chi connectivity index (χ4n) is 2.92. The molecule has 21 heavy (non-hydrogen) atoms. The molecular weight excluding hydrogens is 270 g/mol. The summed E-state index contributed by atoms with van der Waals surface area (Å²) < 4.78 is 5.96. The first-order chi connectivity index (χ1) is 9.29. The molecule has 5 heteroatoms. The van der Waals surface area contributed by atoms with Gasteiger partial charge in [-0.1, -0.05) is 13.8 Å². The van der Waals surface area contributed by atoms with Crippen LogP contribution in [0.2, 0.25) is 0 Å². The predicted molar refractivity (Wildman–Crippen MR) is 81.0 cm³/mol. The van der Waals surface area contributed by atoms with Crippen LogP contribution >= 0.6 is 0 Å². The van der Waals surface area contributed by atoms with Crippen molar-refractivity contribution >= 4 is 11.9 Å². The van der Waals surface area contributed by atoms with E-state index in [1.54, 1.807) is 11.8 Å². The van der Waals surface area contributed by atoms with Crippen molar-refractivity contribution < 1.29 is 19.4 Å². The Kier molecular flexibility index (Phi) is 4.78. The highest BCUT2D eigenvalue weighted by molar-refractivity contribution is 5.85. The second-order valence-corrected chi connectivity index (χ2v) is 7.93. The Morgan fingerprint density at radius 3 is 1.95 bits per heavy atom. The number of carboxylic acid groups (broad SMARTS) is 1. The highest BCUT2D eigenvalue weighted by Gasteiger charge is 2.44. The van der Waals surface area contributed by atoms with Crippen LogP contribution in [0.15, 0.2) is 0 Å². The topological polar surface area (TPSA) is 66.8 Å². The van der Waals surface area contributed by atoms with Gasteiger partial charge in [-0.05, 0) is 40.5 Å². The molecule has 1 amide bonds. The van der Waals surface area contributed by atoms with Gasteiger partial charge in [-0.25, -0.2) is 0 Å². The van der Waals surface area contributed by atoms with E-state index in [-0.39, 0.29) is 18.2 Å². The molecule has 1 saturated heterocycles. The van der Waals surface area contributed by atoms with Crippen LogP contribution in [0.4, 0.5) is 0 Å². The molecule has 122 valence electrons. The molecule has 0 saturated carbocycles. The second-order valence-electron chi connectivity index (χ2n) is 7.93. The van der Waals surface area contributed by atoms with Crippen molar-refractivity contribution in [1.29, 1.82) is 0 Å². The minimum absolute atomic E-state index is 0.0200. The molecule has 1 N–H and O–H groups in total. The third kappa shape index (κ3) is 4.19. The Balaban J connectivity index is 2.91. The van der Waals surface area contributed by atoms with Crippen LogP contribution in [0.5, 0.6) is 0 Å². The largest absolute Gasteiger partial charge is 0.481 e. The van der Waals surface area contributed by atoms with Crippen LogP contribution in [0.1, 0.15) is 54.9 Å². The molecule has 0 spiro atoms. The summed E-state index contributed by atoms with van der Waals surface area (Å²) in [4.78, 5) is 25.9. The van der Waals surface area contributed by atoms with Crippen LogP contribution in [0, 0.1) is 11.3 Å². The third-order valence-electron chi connectivity index (χ3n) is 4.33. The zero-order valence-corrected chi connectivity index (χ0v) is 14.3. The molecule has 1 aliphatic rings. The summed E-state index contributed by atoms with van der Waals surface area (Å²) in [5, 5.41) is 9.46. The molecule has 0 aromatic rings. The number of carbonyl (C=O) groups excluding carboxylic acids is 1. The Hall–Kier alpha value is -1.10. The average Bonchev–Trinajstić information content (AvgIpc) is 2.23. The first kappa shape index (κ1) is 18.0. The van der Waals surface area contributed by atoms with E-state index in [0.717, 1.165) is 0 Å². The Bertz CT molecular complexity index is 412. The van der Waals surface area contributed by atoms with Gasteiger partial charge >= 0.3 is 5.97 Å². The lowest BCUT2D eigenvalue weighted by Gasteiger charge is -2.47. The maximum absolute atomic E-state index is 12.6. The molecule has 1 aliphatic heterocycles. The van der Waals surface area contributed by atoms with Crippen LogP contribution < -0.4 is 0 Å². The summed E-state index contributed by atoms with van der Waals surface area (Å²) in [6.45, 7) is 14.1. The van der Waals surface area contributed by atoms with Gasteiger partial charge in [0, 0.05) is 19.5 Å². The van der Waals surface area contributed by atoms with Gasteiger partial charge in [0.1, 0.15) is 0 Å². The molecule has 1 fully saturated rings. The molecular formula is C16H29NO4. The molecule has 0 aliphatic carbocycles. The highest BCUT2D eigenvalue weighted by Crippen LogP contribution is 2.34. The number of aliphatic carboxylic acids is 1. The molecule has 1 atom stereocenters. The number of rotatable bonds is 4. The van der Waals surface area contributed by atoms with Gasteiger partial charge in [-0.3, -0.25) is 9.59 Å². The lowest BCUT2D eigenvalue weighted by molar-refractivity contribution is -0.190. The van der Waals surface area contributed by atoms with Gasteiger partial charge in [0.05, 0.1) is 16.6 Å². The maximum Gasteiger partial charge on any atom is 0.310 e. The molecule has 0 radical (unpaired) electrons. The highest BCUT2D eigenvalue weighted by atomic mass is 16.5. The van der Waals surface area contributed by atoms with Crippen molar-refractivity contribution in [2.24, 2.45) is 11.3 Å². The maximum atomic E-state index is 12.6. The summed E-state index contributed by atoms with van der Waals surface area (Å²) >= 11 is 0. The van der Waals surface area contributed by atoms with Gasteiger partial charge < -0.3 is 14.7 Å². The summed E-state index contributed by atoms with van der Waals surface area (Å²) in [7, 11) is 0. The number of hydrogen-bond donors (Lipinski definition) is 1. The number of nitrogens with zero attached hydrogens (tertiary/aromatic N) is 1. The average molecular weight is 299 g/mol. The summed E-state index contributed by atoms with van der Waals surface area (Å²) in [5.41, 5.74) is -1.88. The van der Waals surface area contributed by atoms with Crippen molar-refractivity contribution in [1.82, 2.24) is 4.90 Å². The number of ether oxygens (including phenoxy) is 1. The molecule has 1 heterocycles. The first-order valence-electron chi connectivity index (χ1n) is 7.50. The molecule has 5 nitrogen and oxygen atoms in total. The number of morpholine rings is 1. The standard InChI is InChI=1S/C16H29NO4/c1-11(2)16(7,13(19)20)8-12(18)17-9-14(3,4)21-15(5,6)10-17/h11H,8-10H2,1-7H3,(H,19,20). The summed E-state index contributed by atoms with van der Waals surface area (Å²) in [6.07, 6.45) is 0.0200. The zero-order chi connectivity index (χ0) is 16.6. The lowest BCUT2D eigenvalue weighted by Crippen LogP contribution is -2.59. The van der Waals surface area contributed by atoms with E-state index < -0.39 is 22.6 Å². The van der Waals surface area contributed by atoms with E-state index in [9.17, 15) is 14.7 Å². The van der Waals surface area contributed by atoms with Crippen molar-refractivity contribution in [3.05, 3.63) is 0 Å². The Morgan fingerprint density at radius 2 is 1.62 bits per heavy atom. The van der Waals surface area contributed by atoms with Gasteiger partial charge in [0.2, 0.25) is 5.91 Å². The predicted octanol–water partition coefficient (Wildman–Crippen LogP) is 2.54. The van der Waals surface area contributed by atoms with Crippen molar-refractivity contribution in [2.75, 3.05) is 13.1 Å². The van der Waals surface area contributed by atoms with E-state index >= 15 is 0 Å². The van der Waals surface area contributed by atoms with Crippen LogP contribution in [0.25, 0.3) is 0 Å². The number of amides is 1. The fraction of sp³-hybridized carbons (Fsp3) is 0.875. The minimum Gasteiger partial charge on any atom is -0.481 e. The van der Waals surface area contributed by atoms with Gasteiger partial charge in [0.15, 0.2) is 0 Å². The molecule has 0 aromatic carbocycles. The number of carboxylic acids is 1. The Labute approximate surface area is 127 Å². The van der Waals surface area contributed by atoms with Crippen LogP contribution in [-0.2, 0) is 14.3 Å². The van der Waals surface area contributed by atoms with E-state index in [0.29, 0.717) is 13.1 Å². The molecule has 1 unspecified atom stereocenters. The lowest BCUT2D eigenvalue weighted by atomic mass is 9.76. The van der Waals surface area contributed by atoms with E-state index in [1.807, 2.05) is 41.5 Å². The molecule has 0 bridgehead atoms. The van der Waals surface area contributed by atoms with Crippen LogP contribution in [-0.4, -0.2) is 46.2 Å². The summed E-state index contributed by atoms with van der Waals surface area (Å²) in [5.74, 6) is -1.14. The molecule has 0 aromatic heterocycles. The minimum atomic E-state index is -1.04. The normalized spacial score (nSPS) is 23.7. The number of hydrogen-bond acceptors (Lipinski definition) is 3. The van der Waals surface area contributed by atoms with Crippen molar-refractivity contribution in [2.45, 2.75) is 66.1 Å². The first-order valence-corrected chi connectivity index (χ1v) is 7.50. The van der Waals surface area contributed by atoms with Gasteiger partial charge in [-0.2, -0.15) is 0 Å². The quantitative estimate of drug-likeness (QED) is 0.866. The second kappa shape index (κ2) is 5.59. The fourth-order valence-corrected chi connectivity index (χ4v) is 2.92. The Morgan fingerprint density at radius 1 is 1.19 bits per heavy atom. The van der Waals surface area contributed by atoms with Crippen LogP contribution in [0.3, 0.4) is 0 Å². The van der Waals surface area contributed by atoms with E-state index in [1.165, 1.54) is 0 Å². The smallest absolute Gasteiger partial charge is 0.310 e. The summed E-state index contributed by atoms with van der Waals surface area (Å²) in [6, 6.07) is 0. The third-order valence-corrected chi connectivity index (χ3v) is 4.33. The van der Waals surface area contributed by atoms with Gasteiger partial charge in [0.25, 0.3) is 0 Å². The van der Waals surface area contributed by atoms with Crippen molar-refractivity contribution in [3.8, 4) is 0 Å². The van der Waals surface area contributed by atoms with Gasteiger partial charge in [-0.15, -0.1) is 0 Å². The van der Waals surface area contributed by atoms with Crippen molar-refractivity contribution in [3.63, 3.8) is 0 Å². The molecule has 1 rings (SSSR count). The van der Waals surface area contributed by atoms with E-state index in [4.69, 9.17) is 4.74 Å². The van der Waals surface area contributed by atoms with E-state index in [2.05, 4.69) is 0 Å². The monoisotopic (exact) mass is 299 g/mol. The number of carbonyl (C=O) groups is 2. The SMILES string of the molecule is CC(C)C(C)(CC(=O)N1CC(C)(C)OC(C)(C)C1)C(=O)O. The zero-order valence-electron chi connectivity index (χ0n) is 14.3.